The molecule has 0 radical (unpaired) electrons. The van der Waals surface area contributed by atoms with Crippen molar-refractivity contribution in [3.8, 4) is 0 Å². The minimum atomic E-state index is 1.01. The SMILES string of the molecule is c1ccc(N(c2ccccc2)c2c3ccccc3cc3c4cc5ccccc5c5c6c7c8cccc9c%10ccccc%10n(c7ncc6n(c23)c45)c98)cc1. The fourth-order valence-corrected chi connectivity index (χ4v) is 9.70. The summed E-state index contributed by atoms with van der Waals surface area (Å²) in [5.41, 5.74) is 10.4. The van der Waals surface area contributed by atoms with Gasteiger partial charge in [0, 0.05) is 59.9 Å². The molecule has 4 nitrogen and oxygen atoms in total. The summed E-state index contributed by atoms with van der Waals surface area (Å²) in [5, 5.41) is 15.0. The highest BCUT2D eigenvalue weighted by molar-refractivity contribution is 6.40. The van der Waals surface area contributed by atoms with Crippen molar-refractivity contribution in [2.45, 2.75) is 0 Å². The highest BCUT2D eigenvalue weighted by Gasteiger charge is 2.29. The summed E-state index contributed by atoms with van der Waals surface area (Å²) in [4.78, 5) is 7.86. The zero-order chi connectivity index (χ0) is 34.4. The molecule has 0 atom stereocenters. The maximum absolute atomic E-state index is 5.41. The van der Waals surface area contributed by atoms with Gasteiger partial charge in [0.05, 0.1) is 39.5 Å². The van der Waals surface area contributed by atoms with Crippen LogP contribution in [0.3, 0.4) is 0 Å². The van der Waals surface area contributed by atoms with E-state index in [0.717, 1.165) is 28.2 Å². The quantitative estimate of drug-likeness (QED) is 0.187. The van der Waals surface area contributed by atoms with Crippen LogP contribution in [0, 0.1) is 0 Å². The Morgan fingerprint density at radius 2 is 0.962 bits per heavy atom. The Kier molecular flexibility index (Phi) is 5.08. The average Bonchev–Trinajstić information content (AvgIpc) is 3.94. The normalized spacial score (nSPS) is 12.5. The van der Waals surface area contributed by atoms with Crippen molar-refractivity contribution in [2.24, 2.45) is 0 Å². The van der Waals surface area contributed by atoms with Crippen molar-refractivity contribution in [2.75, 3.05) is 4.90 Å². The van der Waals surface area contributed by atoms with Gasteiger partial charge in [0.15, 0.2) is 0 Å². The summed E-state index contributed by atoms with van der Waals surface area (Å²) in [6, 6.07) is 59.7. The van der Waals surface area contributed by atoms with E-state index in [1.165, 1.54) is 86.7 Å². The van der Waals surface area contributed by atoms with Crippen molar-refractivity contribution in [1.29, 1.82) is 0 Å². The number of anilines is 3. The van der Waals surface area contributed by atoms with Gasteiger partial charge in [-0.25, -0.2) is 4.98 Å². The zero-order valence-corrected chi connectivity index (χ0v) is 28.5. The van der Waals surface area contributed by atoms with E-state index >= 15 is 0 Å². The van der Waals surface area contributed by atoms with E-state index < -0.39 is 0 Å². The Morgan fingerprint density at radius 1 is 0.377 bits per heavy atom. The number of nitrogens with zero attached hydrogens (tertiary/aromatic N) is 4. The fraction of sp³-hybridized carbons (Fsp3) is 0. The van der Waals surface area contributed by atoms with E-state index in [1.807, 2.05) is 0 Å². The van der Waals surface area contributed by atoms with E-state index in [-0.39, 0.29) is 0 Å². The molecule has 13 aromatic rings. The lowest BCUT2D eigenvalue weighted by atomic mass is 9.97. The van der Waals surface area contributed by atoms with Crippen molar-refractivity contribution < 1.29 is 0 Å². The molecule has 0 saturated carbocycles. The zero-order valence-electron chi connectivity index (χ0n) is 28.5. The van der Waals surface area contributed by atoms with Gasteiger partial charge in [0.1, 0.15) is 5.65 Å². The van der Waals surface area contributed by atoms with Gasteiger partial charge >= 0.3 is 0 Å². The molecule has 0 N–H and O–H groups in total. The molecule has 4 heteroatoms. The van der Waals surface area contributed by atoms with Gasteiger partial charge in [-0.2, -0.15) is 0 Å². The minimum Gasteiger partial charge on any atom is -0.308 e. The molecule has 0 amide bonds. The molecule has 5 aromatic heterocycles. The minimum absolute atomic E-state index is 1.01. The Balaban J connectivity index is 1.33. The molecule has 0 bridgehead atoms. The summed E-state index contributed by atoms with van der Waals surface area (Å²) in [6.45, 7) is 0. The standard InChI is InChI=1S/C49H28N4/c1-3-16-31(17-4-1)51(32-18-5-2-6-19-32)47-34-21-10-8-15-30(34)27-39-38-26-29-14-7-9-20-33(29)42-44-41(52(46(38)42)48(39)47)28-50-49-43(44)37-24-13-23-36-35-22-11-12-25-40(35)53(49)45(36)37/h1-28H. The van der Waals surface area contributed by atoms with Crippen molar-refractivity contribution in [1.82, 2.24) is 13.8 Å². The van der Waals surface area contributed by atoms with Crippen LogP contribution in [-0.4, -0.2) is 13.8 Å². The van der Waals surface area contributed by atoms with Gasteiger partial charge in [-0.1, -0.05) is 121 Å². The first-order chi connectivity index (χ1) is 26.3. The summed E-state index contributed by atoms with van der Waals surface area (Å²) >= 11 is 0. The van der Waals surface area contributed by atoms with Crippen LogP contribution in [0.1, 0.15) is 0 Å². The molecule has 0 saturated heterocycles. The summed E-state index contributed by atoms with van der Waals surface area (Å²) < 4.78 is 4.94. The highest BCUT2D eigenvalue weighted by Crippen LogP contribution is 2.52. The summed E-state index contributed by atoms with van der Waals surface area (Å²) in [5.74, 6) is 0. The van der Waals surface area contributed by atoms with Gasteiger partial charge in [-0.15, -0.1) is 0 Å². The third-order valence-electron chi connectivity index (χ3n) is 11.7. The lowest BCUT2D eigenvalue weighted by molar-refractivity contribution is 1.25. The number of fused-ring (bicyclic) bond motifs is 16. The number of benzene rings is 8. The Morgan fingerprint density at radius 3 is 1.72 bits per heavy atom. The largest absolute Gasteiger partial charge is 0.308 e. The van der Waals surface area contributed by atoms with Crippen molar-refractivity contribution in [3.05, 3.63) is 170 Å². The first-order valence-electron chi connectivity index (χ1n) is 18.2. The Hall–Kier alpha value is -7.17. The maximum atomic E-state index is 5.41. The molecule has 13 rings (SSSR count). The van der Waals surface area contributed by atoms with Gasteiger partial charge < -0.3 is 9.30 Å². The number of aromatic nitrogens is 3. The summed E-state index contributed by atoms with van der Waals surface area (Å²) in [6.07, 6.45) is 2.14. The first-order valence-corrected chi connectivity index (χ1v) is 18.2. The second kappa shape index (κ2) is 9.78. The van der Waals surface area contributed by atoms with Crippen LogP contribution in [0.15, 0.2) is 170 Å². The van der Waals surface area contributed by atoms with Crippen LogP contribution < -0.4 is 4.90 Å². The van der Waals surface area contributed by atoms with Crippen molar-refractivity contribution in [3.63, 3.8) is 0 Å². The molecule has 0 unspecified atom stereocenters. The number of para-hydroxylation sites is 4. The molecular weight excluding hydrogens is 645 g/mol. The van der Waals surface area contributed by atoms with Gasteiger partial charge in [0.2, 0.25) is 0 Å². The van der Waals surface area contributed by atoms with Gasteiger partial charge in [-0.05, 0) is 58.6 Å². The highest BCUT2D eigenvalue weighted by atomic mass is 15.2. The molecule has 53 heavy (non-hydrogen) atoms. The molecule has 0 aliphatic rings. The maximum Gasteiger partial charge on any atom is 0.146 e. The molecule has 0 fully saturated rings. The smallest absolute Gasteiger partial charge is 0.146 e. The first kappa shape index (κ1) is 27.5. The monoisotopic (exact) mass is 672 g/mol. The number of hydrogen-bond acceptors (Lipinski definition) is 2. The van der Waals surface area contributed by atoms with E-state index in [1.54, 1.807) is 0 Å². The second-order valence-electron chi connectivity index (χ2n) is 14.3. The van der Waals surface area contributed by atoms with Crippen LogP contribution >= 0.6 is 0 Å². The van der Waals surface area contributed by atoms with Crippen molar-refractivity contribution >= 4 is 115 Å². The summed E-state index contributed by atoms with van der Waals surface area (Å²) in [7, 11) is 0. The van der Waals surface area contributed by atoms with Gasteiger partial charge in [0.25, 0.3) is 0 Å². The van der Waals surface area contributed by atoms with E-state index in [0.29, 0.717) is 0 Å². The average molecular weight is 673 g/mol. The molecular formula is C49H28N4. The molecule has 5 heterocycles. The number of pyridine rings is 1. The lowest BCUT2D eigenvalue weighted by Gasteiger charge is -2.28. The topological polar surface area (TPSA) is 24.9 Å². The van der Waals surface area contributed by atoms with Crippen LogP contribution in [-0.2, 0) is 0 Å². The third-order valence-corrected chi connectivity index (χ3v) is 11.7. The second-order valence-corrected chi connectivity index (χ2v) is 14.3. The predicted octanol–water partition coefficient (Wildman–Crippen LogP) is 13.2. The van der Waals surface area contributed by atoms with Crippen LogP contribution in [0.25, 0.3) is 97.9 Å². The Labute approximate surface area is 302 Å². The van der Waals surface area contributed by atoms with Crippen LogP contribution in [0.2, 0.25) is 0 Å². The molecule has 8 aromatic carbocycles. The fourth-order valence-electron chi connectivity index (χ4n) is 9.70. The lowest BCUT2D eigenvalue weighted by Crippen LogP contribution is -2.11. The third kappa shape index (κ3) is 3.34. The number of rotatable bonds is 3. The van der Waals surface area contributed by atoms with E-state index in [4.69, 9.17) is 4.98 Å². The molecule has 0 aliphatic carbocycles. The van der Waals surface area contributed by atoms with E-state index in [2.05, 4.69) is 184 Å². The van der Waals surface area contributed by atoms with Gasteiger partial charge in [-0.3, -0.25) is 4.40 Å². The Bertz CT molecular complexity index is 3580. The predicted molar refractivity (Wildman–Crippen MR) is 223 cm³/mol. The number of hydrogen-bond donors (Lipinski definition) is 0. The molecule has 0 spiro atoms. The van der Waals surface area contributed by atoms with Crippen LogP contribution in [0.5, 0.6) is 0 Å². The van der Waals surface area contributed by atoms with E-state index in [9.17, 15) is 0 Å². The molecule has 0 aliphatic heterocycles. The van der Waals surface area contributed by atoms with Crippen LogP contribution in [0.4, 0.5) is 17.1 Å². The molecule has 244 valence electrons.